The number of nitrogen functional groups attached to an aromatic ring is 1. The lowest BCUT2D eigenvalue weighted by Crippen LogP contribution is -2.52. The summed E-state index contributed by atoms with van der Waals surface area (Å²) in [5.41, 5.74) is 14.1. The van der Waals surface area contributed by atoms with Crippen LogP contribution in [0, 0.1) is 0 Å². The monoisotopic (exact) mass is 519 g/mol. The number of anilines is 1. The van der Waals surface area contributed by atoms with Crippen LogP contribution in [0.5, 0.6) is 0 Å². The summed E-state index contributed by atoms with van der Waals surface area (Å²) in [6.45, 7) is 0.219. The van der Waals surface area contributed by atoms with Crippen molar-refractivity contribution in [3.05, 3.63) is 92.6 Å². The molecule has 10 heteroatoms. The molecule has 3 rings (SSSR count). The highest BCUT2D eigenvalue weighted by Gasteiger charge is 2.24. The van der Waals surface area contributed by atoms with Gasteiger partial charge in [-0.3, -0.25) is 9.59 Å². The zero-order valence-electron chi connectivity index (χ0n) is 18.1. The summed E-state index contributed by atoms with van der Waals surface area (Å²) in [6.07, 6.45) is 2.06. The van der Waals surface area contributed by atoms with Crippen LogP contribution < -0.4 is 22.1 Å². The minimum Gasteiger partial charge on any atom is -0.384 e. The topological polar surface area (TPSA) is 123 Å². The molecule has 2 aromatic carbocycles. The van der Waals surface area contributed by atoms with Gasteiger partial charge in [-0.25, -0.2) is 4.98 Å². The summed E-state index contributed by atoms with van der Waals surface area (Å²) in [5.74, 6) is -0.450. The van der Waals surface area contributed by atoms with Gasteiger partial charge in [-0.2, -0.15) is 0 Å². The van der Waals surface area contributed by atoms with E-state index in [1.165, 1.54) is 0 Å². The van der Waals surface area contributed by atoms with Gasteiger partial charge in [-0.05, 0) is 53.4 Å². The van der Waals surface area contributed by atoms with Crippen LogP contribution in [0.25, 0.3) is 0 Å². The Morgan fingerprint density at radius 2 is 1.53 bits per heavy atom. The van der Waals surface area contributed by atoms with Crippen molar-refractivity contribution >= 4 is 52.4 Å². The van der Waals surface area contributed by atoms with E-state index in [0.717, 1.165) is 16.7 Å². The molecule has 178 valence electrons. The maximum atomic E-state index is 13.0. The zero-order chi connectivity index (χ0) is 24.7. The molecular weight excluding hydrogens is 497 g/mol. The summed E-state index contributed by atoms with van der Waals surface area (Å²) < 4.78 is 0. The first kappa shape index (κ1) is 25.8. The third-order valence-electron chi connectivity index (χ3n) is 5.08. The summed E-state index contributed by atoms with van der Waals surface area (Å²) in [7, 11) is 0. The van der Waals surface area contributed by atoms with Crippen LogP contribution in [-0.2, 0) is 29.0 Å². The van der Waals surface area contributed by atoms with E-state index in [9.17, 15) is 9.59 Å². The third-order valence-corrected chi connectivity index (χ3v) is 6.07. The average Bonchev–Trinajstić information content (AvgIpc) is 2.81. The van der Waals surface area contributed by atoms with E-state index in [4.69, 9.17) is 46.3 Å². The second-order valence-corrected chi connectivity index (χ2v) is 9.01. The Morgan fingerprint density at radius 1 is 0.853 bits per heavy atom. The first-order chi connectivity index (χ1) is 16.2. The fourth-order valence-electron chi connectivity index (χ4n) is 3.21. The highest BCUT2D eigenvalue weighted by Crippen LogP contribution is 2.23. The molecule has 0 aliphatic heterocycles. The van der Waals surface area contributed by atoms with E-state index in [-0.39, 0.29) is 18.9 Å². The van der Waals surface area contributed by atoms with Gasteiger partial charge >= 0.3 is 0 Å². The van der Waals surface area contributed by atoms with E-state index in [0.29, 0.717) is 27.3 Å². The number of hydrogen-bond donors (Lipinski definition) is 4. The molecule has 3 aromatic rings. The number of halogens is 3. The number of hydrogen-bond acceptors (Lipinski definition) is 5. The molecule has 0 fully saturated rings. The summed E-state index contributed by atoms with van der Waals surface area (Å²) in [4.78, 5) is 29.9. The molecule has 0 saturated carbocycles. The number of nitrogens with one attached hydrogen (secondary N) is 2. The normalized spacial score (nSPS) is 12.6. The fraction of sp³-hybridized carbons (Fsp3) is 0.208. The molecule has 0 aliphatic rings. The predicted octanol–water partition coefficient (Wildman–Crippen LogP) is 3.54. The fourth-order valence-corrected chi connectivity index (χ4v) is 3.66. The van der Waals surface area contributed by atoms with Crippen LogP contribution >= 0.6 is 34.8 Å². The van der Waals surface area contributed by atoms with Gasteiger partial charge < -0.3 is 22.1 Å². The first-order valence-corrected chi connectivity index (χ1v) is 11.6. The van der Waals surface area contributed by atoms with Crippen molar-refractivity contribution in [3.63, 3.8) is 0 Å². The maximum Gasteiger partial charge on any atom is 0.243 e. The van der Waals surface area contributed by atoms with Crippen molar-refractivity contribution in [2.75, 3.05) is 5.73 Å². The smallest absolute Gasteiger partial charge is 0.243 e. The lowest BCUT2D eigenvalue weighted by Gasteiger charge is -2.21. The molecule has 1 heterocycles. The molecule has 2 atom stereocenters. The number of aromatic nitrogens is 1. The highest BCUT2D eigenvalue weighted by molar-refractivity contribution is 6.42. The molecule has 0 bridgehead atoms. The molecular formula is C24H24Cl3N5O2. The number of nitrogens with zero attached hydrogens (tertiary/aromatic N) is 1. The minimum absolute atomic E-state index is 0.197. The molecule has 0 aliphatic carbocycles. The number of benzene rings is 2. The van der Waals surface area contributed by atoms with E-state index in [1.807, 2.05) is 0 Å². The van der Waals surface area contributed by atoms with Crippen LogP contribution in [0.4, 0.5) is 5.82 Å². The minimum atomic E-state index is -0.886. The summed E-state index contributed by atoms with van der Waals surface area (Å²) >= 11 is 18.0. The summed E-state index contributed by atoms with van der Waals surface area (Å²) in [5, 5.41) is 6.93. The van der Waals surface area contributed by atoms with Crippen molar-refractivity contribution in [2.45, 2.75) is 31.5 Å². The Hall–Kier alpha value is -2.84. The molecule has 0 saturated heterocycles. The first-order valence-electron chi connectivity index (χ1n) is 10.4. The van der Waals surface area contributed by atoms with Crippen LogP contribution in [0.2, 0.25) is 15.1 Å². The van der Waals surface area contributed by atoms with Gasteiger partial charge in [0.1, 0.15) is 11.9 Å². The van der Waals surface area contributed by atoms with Crippen LogP contribution in [0.1, 0.15) is 16.7 Å². The average molecular weight is 521 g/mol. The van der Waals surface area contributed by atoms with Gasteiger partial charge in [0.05, 0.1) is 16.1 Å². The number of amides is 2. The van der Waals surface area contributed by atoms with E-state index >= 15 is 0 Å². The van der Waals surface area contributed by atoms with Crippen molar-refractivity contribution < 1.29 is 9.59 Å². The van der Waals surface area contributed by atoms with Crippen LogP contribution in [0.15, 0.2) is 60.8 Å². The molecule has 0 spiro atoms. The van der Waals surface area contributed by atoms with E-state index in [1.54, 1.807) is 60.8 Å². The summed E-state index contributed by atoms with van der Waals surface area (Å²) in [6, 6.07) is 13.8. The maximum absolute atomic E-state index is 13.0. The Labute approximate surface area is 212 Å². The lowest BCUT2D eigenvalue weighted by molar-refractivity contribution is -0.129. The van der Waals surface area contributed by atoms with Crippen molar-refractivity contribution in [3.8, 4) is 0 Å². The standard InChI is InChI=1S/C24H24Cl3N5O2/c25-17-5-1-14(2-6-17)10-20(28)23(33)32-21(11-15-3-7-18(26)19(27)9-15)24(34)31-13-16-4-8-22(29)30-12-16/h1-9,12,20-21H,10-11,13,28H2,(H2,29,30)(H,31,34)(H,32,33)/t20?,21-/m0/s1. The molecule has 0 radical (unpaired) electrons. The highest BCUT2D eigenvalue weighted by atomic mass is 35.5. The van der Waals surface area contributed by atoms with Crippen molar-refractivity contribution in [1.29, 1.82) is 0 Å². The molecule has 6 N–H and O–H groups in total. The molecule has 1 aromatic heterocycles. The van der Waals surface area contributed by atoms with E-state index < -0.39 is 18.0 Å². The Balaban J connectivity index is 1.70. The molecule has 2 amide bonds. The van der Waals surface area contributed by atoms with Crippen molar-refractivity contribution in [1.82, 2.24) is 15.6 Å². The number of rotatable bonds is 9. The number of carbonyl (C=O) groups excluding carboxylic acids is 2. The Kier molecular flexibility index (Phi) is 9.12. The quantitative estimate of drug-likeness (QED) is 0.344. The SMILES string of the molecule is Nc1ccc(CNC(=O)[C@H](Cc2ccc(Cl)c(Cl)c2)NC(=O)C(N)Cc2ccc(Cl)cc2)cn1. The Morgan fingerprint density at radius 3 is 2.18 bits per heavy atom. The Bertz CT molecular complexity index is 1140. The second-order valence-electron chi connectivity index (χ2n) is 7.76. The molecule has 1 unspecified atom stereocenters. The van der Waals surface area contributed by atoms with Crippen LogP contribution in [0.3, 0.4) is 0 Å². The van der Waals surface area contributed by atoms with E-state index in [2.05, 4.69) is 15.6 Å². The van der Waals surface area contributed by atoms with Crippen LogP contribution in [-0.4, -0.2) is 28.9 Å². The lowest BCUT2D eigenvalue weighted by atomic mass is 10.0. The molecule has 34 heavy (non-hydrogen) atoms. The molecule has 7 nitrogen and oxygen atoms in total. The van der Waals surface area contributed by atoms with Gasteiger partial charge in [-0.15, -0.1) is 0 Å². The number of carbonyl (C=O) groups is 2. The third kappa shape index (κ3) is 7.60. The predicted molar refractivity (Wildman–Crippen MR) is 136 cm³/mol. The van der Waals surface area contributed by atoms with Gasteiger partial charge in [0.2, 0.25) is 11.8 Å². The largest absolute Gasteiger partial charge is 0.384 e. The van der Waals surface area contributed by atoms with Gasteiger partial charge in [-0.1, -0.05) is 59.1 Å². The number of nitrogens with two attached hydrogens (primary N) is 2. The zero-order valence-corrected chi connectivity index (χ0v) is 20.4. The second kappa shape index (κ2) is 12.0. The number of pyridine rings is 1. The van der Waals surface area contributed by atoms with Crippen molar-refractivity contribution in [2.24, 2.45) is 5.73 Å². The van der Waals surface area contributed by atoms with Gasteiger partial charge in [0, 0.05) is 24.2 Å². The van der Waals surface area contributed by atoms with Gasteiger partial charge in [0.25, 0.3) is 0 Å². The van der Waals surface area contributed by atoms with Gasteiger partial charge in [0.15, 0.2) is 0 Å².